The number of aryl methyl sites for hydroxylation is 1. The molecule has 0 aliphatic carbocycles. The number of fused-ring (bicyclic) bond motifs is 1. The van der Waals surface area contributed by atoms with Crippen molar-refractivity contribution in [3.63, 3.8) is 0 Å². The number of ether oxygens (including phenoxy) is 1. The fourth-order valence-corrected chi connectivity index (χ4v) is 4.27. The second-order valence-corrected chi connectivity index (χ2v) is 7.47. The molecule has 0 aliphatic heterocycles. The molecule has 0 spiro atoms. The molecule has 0 amide bonds. The largest absolute Gasteiger partial charge is 0.497 e. The Bertz CT molecular complexity index is 1180. The molecule has 0 saturated heterocycles. The molecule has 0 fully saturated rings. The van der Waals surface area contributed by atoms with E-state index in [1.165, 1.54) is 11.3 Å². The van der Waals surface area contributed by atoms with E-state index >= 15 is 0 Å². The summed E-state index contributed by atoms with van der Waals surface area (Å²) in [6, 6.07) is 15.2. The molecule has 27 heavy (non-hydrogen) atoms. The lowest BCUT2D eigenvalue weighted by Gasteiger charge is -2.11. The van der Waals surface area contributed by atoms with Crippen molar-refractivity contribution in [3.05, 3.63) is 80.7 Å². The van der Waals surface area contributed by atoms with E-state index in [4.69, 9.17) is 16.3 Å². The summed E-state index contributed by atoms with van der Waals surface area (Å²) >= 11 is 7.77. The first-order chi connectivity index (χ1) is 13.1. The van der Waals surface area contributed by atoms with E-state index in [0.29, 0.717) is 22.8 Å². The van der Waals surface area contributed by atoms with Crippen molar-refractivity contribution in [1.82, 2.24) is 9.55 Å². The minimum atomic E-state index is -0.0514. The van der Waals surface area contributed by atoms with Gasteiger partial charge in [0.2, 0.25) is 0 Å². The van der Waals surface area contributed by atoms with Crippen LogP contribution in [0.4, 0.5) is 0 Å². The molecular weight excluding hydrogens is 380 g/mol. The van der Waals surface area contributed by atoms with E-state index in [2.05, 4.69) is 4.98 Å². The Balaban J connectivity index is 1.87. The zero-order chi connectivity index (χ0) is 19.0. The quantitative estimate of drug-likeness (QED) is 0.479. The Kier molecular flexibility index (Phi) is 4.72. The molecule has 0 radical (unpaired) electrons. The highest BCUT2D eigenvalue weighted by Crippen LogP contribution is 2.32. The summed E-state index contributed by atoms with van der Waals surface area (Å²) in [6.45, 7) is 2.25. The van der Waals surface area contributed by atoms with E-state index in [0.717, 1.165) is 27.3 Å². The highest BCUT2D eigenvalue weighted by molar-refractivity contribution is 7.17. The molecule has 6 heteroatoms. The van der Waals surface area contributed by atoms with Crippen LogP contribution in [0.25, 0.3) is 21.3 Å². The third-order valence-corrected chi connectivity index (χ3v) is 5.81. The average Bonchev–Trinajstić information content (AvgIpc) is 3.10. The summed E-state index contributed by atoms with van der Waals surface area (Å²) < 4.78 is 6.91. The monoisotopic (exact) mass is 396 g/mol. The first kappa shape index (κ1) is 17.8. The lowest BCUT2D eigenvalue weighted by atomic mass is 10.1. The molecule has 0 saturated carbocycles. The Labute approximate surface area is 165 Å². The van der Waals surface area contributed by atoms with E-state index in [-0.39, 0.29) is 5.56 Å². The van der Waals surface area contributed by atoms with Crippen LogP contribution >= 0.6 is 22.9 Å². The Hall–Kier alpha value is -2.63. The molecule has 0 atom stereocenters. The SMILES string of the molecule is COc1ccc(-c2csc3nc(C)n(Cc4ccccc4Cl)c(=O)c23)cc1. The lowest BCUT2D eigenvalue weighted by molar-refractivity contribution is 0.415. The van der Waals surface area contributed by atoms with Gasteiger partial charge in [-0.25, -0.2) is 4.98 Å². The van der Waals surface area contributed by atoms with Gasteiger partial charge in [-0.2, -0.15) is 0 Å². The van der Waals surface area contributed by atoms with Crippen molar-refractivity contribution in [3.8, 4) is 16.9 Å². The zero-order valence-corrected chi connectivity index (χ0v) is 16.5. The van der Waals surface area contributed by atoms with Crippen molar-refractivity contribution >= 4 is 33.2 Å². The van der Waals surface area contributed by atoms with Crippen LogP contribution in [0, 0.1) is 6.92 Å². The van der Waals surface area contributed by atoms with Crippen LogP contribution in [-0.2, 0) is 6.54 Å². The normalized spacial score (nSPS) is 11.1. The van der Waals surface area contributed by atoms with E-state index in [1.54, 1.807) is 11.7 Å². The number of aromatic nitrogens is 2. The van der Waals surface area contributed by atoms with Crippen molar-refractivity contribution in [2.45, 2.75) is 13.5 Å². The number of thiophene rings is 1. The van der Waals surface area contributed by atoms with E-state index in [1.807, 2.05) is 60.8 Å². The third kappa shape index (κ3) is 3.24. The van der Waals surface area contributed by atoms with Crippen molar-refractivity contribution in [2.75, 3.05) is 7.11 Å². The Morgan fingerprint density at radius 3 is 2.59 bits per heavy atom. The second-order valence-electron chi connectivity index (χ2n) is 6.20. The van der Waals surface area contributed by atoms with Gasteiger partial charge in [0.05, 0.1) is 19.0 Å². The van der Waals surface area contributed by atoms with Gasteiger partial charge in [0, 0.05) is 16.0 Å². The van der Waals surface area contributed by atoms with Crippen LogP contribution in [0.5, 0.6) is 5.75 Å². The fourth-order valence-electron chi connectivity index (χ4n) is 3.09. The number of hydrogen-bond donors (Lipinski definition) is 0. The maximum absolute atomic E-state index is 13.3. The number of methoxy groups -OCH3 is 1. The molecule has 2 heterocycles. The van der Waals surface area contributed by atoms with Gasteiger partial charge in [-0.15, -0.1) is 11.3 Å². The molecule has 2 aromatic carbocycles. The van der Waals surface area contributed by atoms with Crippen LogP contribution in [0.15, 0.2) is 58.7 Å². The summed E-state index contributed by atoms with van der Waals surface area (Å²) in [4.78, 5) is 18.7. The third-order valence-electron chi connectivity index (χ3n) is 4.57. The van der Waals surface area contributed by atoms with Crippen molar-refractivity contribution in [2.24, 2.45) is 0 Å². The van der Waals surface area contributed by atoms with Crippen LogP contribution < -0.4 is 10.3 Å². The predicted molar refractivity (Wildman–Crippen MR) is 111 cm³/mol. The van der Waals surface area contributed by atoms with Crippen LogP contribution in [0.2, 0.25) is 5.02 Å². The van der Waals surface area contributed by atoms with Crippen molar-refractivity contribution in [1.29, 1.82) is 0 Å². The molecule has 0 aliphatic rings. The maximum atomic E-state index is 13.3. The summed E-state index contributed by atoms with van der Waals surface area (Å²) in [5.74, 6) is 1.46. The first-order valence-corrected chi connectivity index (χ1v) is 9.70. The fraction of sp³-hybridized carbons (Fsp3) is 0.143. The van der Waals surface area contributed by atoms with E-state index < -0.39 is 0 Å². The highest BCUT2D eigenvalue weighted by atomic mass is 35.5. The molecule has 2 aromatic heterocycles. The minimum Gasteiger partial charge on any atom is -0.497 e. The number of nitrogens with zero attached hydrogens (tertiary/aromatic N) is 2. The van der Waals surface area contributed by atoms with Crippen LogP contribution in [0.3, 0.4) is 0 Å². The Morgan fingerprint density at radius 1 is 1.15 bits per heavy atom. The van der Waals surface area contributed by atoms with Gasteiger partial charge in [-0.1, -0.05) is 41.9 Å². The Morgan fingerprint density at radius 2 is 1.89 bits per heavy atom. The topological polar surface area (TPSA) is 44.1 Å². The molecule has 4 aromatic rings. The van der Waals surface area contributed by atoms with Gasteiger partial charge in [-0.05, 0) is 36.2 Å². The summed E-state index contributed by atoms with van der Waals surface area (Å²) in [5, 5.41) is 3.27. The predicted octanol–water partition coefficient (Wildman–Crippen LogP) is 5.14. The smallest absolute Gasteiger partial charge is 0.263 e. The molecule has 0 bridgehead atoms. The van der Waals surface area contributed by atoms with Gasteiger partial charge in [0.25, 0.3) is 5.56 Å². The number of halogens is 1. The first-order valence-electron chi connectivity index (χ1n) is 8.45. The van der Waals surface area contributed by atoms with E-state index in [9.17, 15) is 4.79 Å². The minimum absolute atomic E-state index is 0.0514. The maximum Gasteiger partial charge on any atom is 0.263 e. The van der Waals surface area contributed by atoms with Gasteiger partial charge >= 0.3 is 0 Å². The molecule has 0 unspecified atom stereocenters. The average molecular weight is 397 g/mol. The van der Waals surface area contributed by atoms with Crippen molar-refractivity contribution < 1.29 is 4.74 Å². The van der Waals surface area contributed by atoms with Gasteiger partial charge in [-0.3, -0.25) is 9.36 Å². The lowest BCUT2D eigenvalue weighted by Crippen LogP contribution is -2.24. The van der Waals surface area contributed by atoms with Crippen LogP contribution in [0.1, 0.15) is 11.4 Å². The number of hydrogen-bond acceptors (Lipinski definition) is 4. The van der Waals surface area contributed by atoms with Crippen LogP contribution in [-0.4, -0.2) is 16.7 Å². The number of benzene rings is 2. The standard InChI is InChI=1S/C21H17ClN2O2S/c1-13-23-20-19(17(12-27-20)14-7-9-16(26-2)10-8-14)21(25)24(13)11-15-5-3-4-6-18(15)22/h3-10,12H,11H2,1-2H3. The molecule has 136 valence electrons. The molecule has 4 rings (SSSR count). The number of rotatable bonds is 4. The van der Waals surface area contributed by atoms with Gasteiger partial charge in [0.15, 0.2) is 0 Å². The molecular formula is C21H17ClN2O2S. The highest BCUT2D eigenvalue weighted by Gasteiger charge is 2.16. The van der Waals surface area contributed by atoms with Gasteiger partial charge < -0.3 is 4.74 Å². The molecule has 4 nitrogen and oxygen atoms in total. The second kappa shape index (κ2) is 7.18. The summed E-state index contributed by atoms with van der Waals surface area (Å²) in [6.07, 6.45) is 0. The summed E-state index contributed by atoms with van der Waals surface area (Å²) in [7, 11) is 1.63. The zero-order valence-electron chi connectivity index (χ0n) is 14.9. The van der Waals surface area contributed by atoms with Gasteiger partial charge in [0.1, 0.15) is 16.4 Å². The summed E-state index contributed by atoms with van der Waals surface area (Å²) in [5.41, 5.74) is 2.70. The molecule has 0 N–H and O–H groups in total.